The lowest BCUT2D eigenvalue weighted by Gasteiger charge is -2.01. The number of halogens is 2. The Balaban J connectivity index is 1.69. The molecule has 0 atom stereocenters. The average Bonchev–Trinajstić information content (AvgIpc) is 3.27. The van der Waals surface area contributed by atoms with Crippen LogP contribution in [0.15, 0.2) is 81.8 Å². The Hall–Kier alpha value is -2.38. The molecule has 0 radical (unpaired) electrons. The van der Waals surface area contributed by atoms with E-state index in [1.807, 2.05) is 18.2 Å². The van der Waals surface area contributed by atoms with E-state index in [4.69, 9.17) is 9.40 Å². The van der Waals surface area contributed by atoms with Crippen molar-refractivity contribution >= 4 is 76.9 Å². The lowest BCUT2D eigenvalue weighted by molar-refractivity contribution is 0.667. The van der Waals surface area contributed by atoms with E-state index in [9.17, 15) is 0 Å². The molecular weight excluding hydrogens is 527 g/mol. The molecule has 6 rings (SSSR count). The zero-order valence-corrected chi connectivity index (χ0v) is 18.2. The van der Waals surface area contributed by atoms with Gasteiger partial charge in [-0.3, -0.25) is 4.40 Å². The van der Waals surface area contributed by atoms with Crippen molar-refractivity contribution < 1.29 is 4.42 Å². The van der Waals surface area contributed by atoms with Crippen molar-refractivity contribution in [1.29, 1.82) is 0 Å². The second-order valence-corrected chi connectivity index (χ2v) is 8.66. The molecule has 0 N–H and O–H groups in total. The van der Waals surface area contributed by atoms with Crippen molar-refractivity contribution in [2.75, 3.05) is 0 Å². The smallest absolute Gasteiger partial charge is 0.149 e. The van der Waals surface area contributed by atoms with Crippen molar-refractivity contribution in [3.63, 3.8) is 0 Å². The van der Waals surface area contributed by atoms with Gasteiger partial charge in [-0.15, -0.1) is 0 Å². The van der Waals surface area contributed by atoms with E-state index >= 15 is 0 Å². The summed E-state index contributed by atoms with van der Waals surface area (Å²) in [4.78, 5) is 5.03. The number of para-hydroxylation sites is 1. The van der Waals surface area contributed by atoms with E-state index in [2.05, 4.69) is 97.6 Å². The Kier molecular flexibility index (Phi) is 3.58. The first-order chi connectivity index (χ1) is 13.7. The van der Waals surface area contributed by atoms with Gasteiger partial charge in [-0.05, 0) is 68.2 Å². The van der Waals surface area contributed by atoms with Crippen molar-refractivity contribution in [3.8, 4) is 11.3 Å². The predicted octanol–water partition coefficient (Wildman–Crippen LogP) is 7.42. The third kappa shape index (κ3) is 2.29. The Bertz CT molecular complexity index is 1550. The van der Waals surface area contributed by atoms with E-state index < -0.39 is 0 Å². The monoisotopic (exact) mass is 538 g/mol. The fraction of sp³-hybridized carbons (Fsp3) is 0. The molecule has 0 aliphatic rings. The number of hydrogen-bond donors (Lipinski definition) is 0. The van der Waals surface area contributed by atoms with Crippen molar-refractivity contribution in [2.24, 2.45) is 0 Å². The fourth-order valence-corrected chi connectivity index (χ4v) is 5.21. The van der Waals surface area contributed by atoms with Crippen molar-refractivity contribution in [3.05, 3.63) is 81.1 Å². The molecule has 0 amide bonds. The number of benzene rings is 3. The molecule has 0 saturated carbocycles. The molecule has 0 aliphatic carbocycles. The summed E-state index contributed by atoms with van der Waals surface area (Å²) in [7, 11) is 0. The van der Waals surface area contributed by atoms with Crippen LogP contribution < -0.4 is 0 Å². The van der Waals surface area contributed by atoms with Crippen LogP contribution in [0.2, 0.25) is 0 Å². The number of pyridine rings is 1. The molecule has 3 heterocycles. The van der Waals surface area contributed by atoms with E-state index in [1.165, 1.54) is 5.39 Å². The molecule has 3 nitrogen and oxygen atoms in total. The second-order valence-electron chi connectivity index (χ2n) is 6.78. The summed E-state index contributed by atoms with van der Waals surface area (Å²) < 4.78 is 10.2. The summed E-state index contributed by atoms with van der Waals surface area (Å²) in [5.41, 5.74) is 4.79. The van der Waals surface area contributed by atoms with E-state index in [1.54, 1.807) is 0 Å². The lowest BCUT2D eigenvalue weighted by atomic mass is 10.1. The van der Waals surface area contributed by atoms with Crippen LogP contribution in [0.25, 0.3) is 49.6 Å². The maximum atomic E-state index is 6.05. The maximum absolute atomic E-state index is 6.05. The van der Waals surface area contributed by atoms with Crippen LogP contribution in [-0.4, -0.2) is 9.38 Å². The zero-order valence-electron chi connectivity index (χ0n) is 14.5. The van der Waals surface area contributed by atoms with Gasteiger partial charge in [-0.1, -0.05) is 42.5 Å². The highest BCUT2D eigenvalue weighted by molar-refractivity contribution is 14.1. The zero-order chi connectivity index (χ0) is 18.8. The normalized spacial score (nSPS) is 11.9. The van der Waals surface area contributed by atoms with Crippen LogP contribution in [-0.2, 0) is 0 Å². The van der Waals surface area contributed by atoms with Crippen LogP contribution in [0.5, 0.6) is 0 Å². The Morgan fingerprint density at radius 2 is 1.68 bits per heavy atom. The lowest BCUT2D eigenvalue weighted by Crippen LogP contribution is -1.88. The fourth-order valence-electron chi connectivity index (χ4n) is 3.85. The molecule has 0 aliphatic heterocycles. The minimum atomic E-state index is 0.870. The molecule has 3 aromatic heterocycles. The van der Waals surface area contributed by atoms with Gasteiger partial charge in [-0.25, -0.2) is 4.98 Å². The number of hydrogen-bond acceptors (Lipinski definition) is 2. The van der Waals surface area contributed by atoms with Gasteiger partial charge < -0.3 is 4.42 Å². The molecule has 0 spiro atoms. The molecular formula is C23H12BrIN2O. The van der Waals surface area contributed by atoms with E-state index in [-0.39, 0.29) is 0 Å². The van der Waals surface area contributed by atoms with Crippen LogP contribution >= 0.6 is 38.5 Å². The topological polar surface area (TPSA) is 30.4 Å². The number of fused-ring (bicyclic) bond motifs is 6. The Morgan fingerprint density at radius 1 is 0.893 bits per heavy atom. The van der Waals surface area contributed by atoms with E-state index in [0.29, 0.717) is 0 Å². The van der Waals surface area contributed by atoms with Crippen molar-refractivity contribution in [1.82, 2.24) is 9.38 Å². The summed E-state index contributed by atoms with van der Waals surface area (Å²) in [5.74, 6) is 0. The van der Waals surface area contributed by atoms with Crippen LogP contribution in [0.4, 0.5) is 0 Å². The van der Waals surface area contributed by atoms with Crippen molar-refractivity contribution in [2.45, 2.75) is 0 Å². The van der Waals surface area contributed by atoms with Gasteiger partial charge in [0.25, 0.3) is 0 Å². The average molecular weight is 539 g/mol. The summed E-state index contributed by atoms with van der Waals surface area (Å²) in [6.07, 6.45) is 2.09. The van der Waals surface area contributed by atoms with E-state index in [0.717, 1.165) is 52.4 Å². The summed E-state index contributed by atoms with van der Waals surface area (Å²) in [6.45, 7) is 0. The van der Waals surface area contributed by atoms with Crippen LogP contribution in [0.1, 0.15) is 0 Å². The first kappa shape index (κ1) is 16.6. The highest BCUT2D eigenvalue weighted by Crippen LogP contribution is 2.38. The quantitative estimate of drug-likeness (QED) is 0.204. The minimum absolute atomic E-state index is 0.870. The molecule has 0 unspecified atom stereocenters. The molecule has 0 fully saturated rings. The number of nitrogens with zero attached hydrogens (tertiary/aromatic N) is 2. The predicted molar refractivity (Wildman–Crippen MR) is 126 cm³/mol. The number of imidazole rings is 1. The van der Waals surface area contributed by atoms with Gasteiger partial charge >= 0.3 is 0 Å². The minimum Gasteiger partial charge on any atom is -0.455 e. The van der Waals surface area contributed by atoms with Gasteiger partial charge in [0.2, 0.25) is 0 Å². The summed E-state index contributed by atoms with van der Waals surface area (Å²) >= 11 is 6.08. The molecule has 6 aromatic rings. The van der Waals surface area contributed by atoms with Gasteiger partial charge in [0.05, 0.1) is 4.47 Å². The Morgan fingerprint density at radius 3 is 2.57 bits per heavy atom. The van der Waals surface area contributed by atoms with Gasteiger partial charge in [0.1, 0.15) is 26.2 Å². The molecule has 3 aromatic carbocycles. The summed E-state index contributed by atoms with van der Waals surface area (Å²) in [5, 5.41) is 4.56. The first-order valence-corrected chi connectivity index (χ1v) is 10.7. The first-order valence-electron chi connectivity index (χ1n) is 8.87. The van der Waals surface area contributed by atoms with Gasteiger partial charge in [-0.2, -0.15) is 0 Å². The third-order valence-corrected chi connectivity index (χ3v) is 6.78. The maximum Gasteiger partial charge on any atom is 0.149 e. The molecule has 0 bridgehead atoms. The number of aromatic nitrogens is 2. The van der Waals surface area contributed by atoms with Gasteiger partial charge in [0.15, 0.2) is 0 Å². The second kappa shape index (κ2) is 6.06. The highest BCUT2D eigenvalue weighted by atomic mass is 127. The molecule has 5 heteroatoms. The molecule has 0 saturated heterocycles. The number of furan rings is 1. The Labute approximate surface area is 182 Å². The largest absolute Gasteiger partial charge is 0.455 e. The third-order valence-electron chi connectivity index (χ3n) is 5.16. The SMILES string of the molecule is Brc1cc(-c2nc3c4ccccc4ccn3c2I)cc2c1oc1ccccc12. The van der Waals surface area contributed by atoms with Crippen LogP contribution in [0, 0.1) is 3.70 Å². The summed E-state index contributed by atoms with van der Waals surface area (Å²) in [6, 6.07) is 22.9. The van der Waals surface area contributed by atoms with Gasteiger partial charge in [0, 0.05) is 27.9 Å². The molecule has 28 heavy (non-hydrogen) atoms. The highest BCUT2D eigenvalue weighted by Gasteiger charge is 2.17. The van der Waals surface area contributed by atoms with Crippen LogP contribution in [0.3, 0.4) is 0 Å². The molecule has 134 valence electrons. The standard InChI is InChI=1S/C23H12BrIN2O/c24-18-12-14(11-17-16-7-3-4-8-19(16)28-21(17)18)20-22(25)27-10-9-13-5-1-2-6-15(13)23(27)26-20/h1-12H. The number of rotatable bonds is 1.